The smallest absolute Gasteiger partial charge is 0.224 e. The molecular weight excluding hydrogens is 402 g/mol. The van der Waals surface area contributed by atoms with E-state index in [9.17, 15) is 18.0 Å². The highest BCUT2D eigenvalue weighted by molar-refractivity contribution is 7.90. The van der Waals surface area contributed by atoms with Gasteiger partial charge in [0.2, 0.25) is 21.8 Å². The van der Waals surface area contributed by atoms with E-state index in [4.69, 9.17) is 0 Å². The molecule has 1 fully saturated rings. The zero-order valence-corrected chi connectivity index (χ0v) is 19.3. The van der Waals surface area contributed by atoms with Crippen molar-refractivity contribution in [2.45, 2.75) is 89.3 Å². The van der Waals surface area contributed by atoms with Gasteiger partial charge in [0, 0.05) is 24.6 Å². The number of amides is 2. The molecule has 2 amide bonds. The lowest BCUT2D eigenvalue weighted by molar-refractivity contribution is -0.126. The Morgan fingerprint density at radius 1 is 1.10 bits per heavy atom. The molecule has 0 aliphatic heterocycles. The summed E-state index contributed by atoms with van der Waals surface area (Å²) in [7, 11) is -3.34. The van der Waals surface area contributed by atoms with Gasteiger partial charge in [0.15, 0.2) is 0 Å². The molecule has 1 unspecified atom stereocenters. The third kappa shape index (κ3) is 7.87. The van der Waals surface area contributed by atoms with Gasteiger partial charge in [-0.05, 0) is 59.0 Å². The van der Waals surface area contributed by atoms with Crippen LogP contribution in [0.25, 0.3) is 0 Å². The number of unbranched alkanes of at least 4 members (excludes halogenated alkanes) is 1. The monoisotopic (exact) mass is 439 g/mol. The summed E-state index contributed by atoms with van der Waals surface area (Å²) in [4.78, 5) is 24.4. The fourth-order valence-corrected chi connectivity index (χ4v) is 4.39. The van der Waals surface area contributed by atoms with Crippen molar-refractivity contribution in [3.8, 4) is 0 Å². The van der Waals surface area contributed by atoms with Gasteiger partial charge in [-0.1, -0.05) is 31.4 Å². The van der Waals surface area contributed by atoms with Gasteiger partial charge in [0.1, 0.15) is 0 Å². The van der Waals surface area contributed by atoms with E-state index in [-0.39, 0.29) is 23.8 Å². The maximum atomic E-state index is 12.3. The normalized spacial score (nSPS) is 20.5. The third-order valence-electron chi connectivity index (χ3n) is 5.62. The van der Waals surface area contributed by atoms with Crippen molar-refractivity contribution in [1.29, 1.82) is 0 Å². The summed E-state index contributed by atoms with van der Waals surface area (Å²) in [5.41, 5.74) is 0.747. The predicted molar refractivity (Wildman–Crippen MR) is 119 cm³/mol. The van der Waals surface area contributed by atoms with Crippen molar-refractivity contribution >= 4 is 21.8 Å². The first-order chi connectivity index (χ1) is 14.1. The Labute approximate surface area is 181 Å². The van der Waals surface area contributed by atoms with E-state index in [2.05, 4.69) is 15.4 Å². The number of nitrogens with one attached hydrogen (secondary N) is 3. The zero-order valence-electron chi connectivity index (χ0n) is 18.5. The molecule has 1 atom stereocenters. The molecule has 0 spiro atoms. The van der Waals surface area contributed by atoms with Crippen LogP contribution in [0.4, 0.5) is 0 Å². The number of rotatable bonds is 9. The first-order valence-electron chi connectivity index (χ1n) is 11.1. The molecule has 2 aliphatic rings. The van der Waals surface area contributed by atoms with Gasteiger partial charge < -0.3 is 10.6 Å². The van der Waals surface area contributed by atoms with Crippen molar-refractivity contribution in [3.05, 3.63) is 23.9 Å². The maximum Gasteiger partial charge on any atom is 0.224 e. The van der Waals surface area contributed by atoms with Gasteiger partial charge in [-0.3, -0.25) is 9.59 Å². The second-order valence-corrected chi connectivity index (χ2v) is 11.7. The summed E-state index contributed by atoms with van der Waals surface area (Å²) in [5, 5.41) is 5.97. The molecule has 3 N–H and O–H groups in total. The number of allylic oxidation sites excluding steroid dienone is 1. The largest absolute Gasteiger partial charge is 0.349 e. The Morgan fingerprint density at radius 2 is 1.80 bits per heavy atom. The van der Waals surface area contributed by atoms with E-state index in [1.807, 2.05) is 18.2 Å². The highest BCUT2D eigenvalue weighted by atomic mass is 32.2. The van der Waals surface area contributed by atoms with Gasteiger partial charge >= 0.3 is 0 Å². The SMILES string of the molecule is CC(C)(C)S(=O)(=O)NCCCCC(=O)NC1=CCC(NC(=O)C2CCCCC2)C=C1. The predicted octanol–water partition coefficient (Wildman–Crippen LogP) is 2.90. The summed E-state index contributed by atoms with van der Waals surface area (Å²) >= 11 is 0. The van der Waals surface area contributed by atoms with Crippen molar-refractivity contribution in [2.75, 3.05) is 6.54 Å². The lowest BCUT2D eigenvalue weighted by Crippen LogP contribution is -2.39. The lowest BCUT2D eigenvalue weighted by atomic mass is 9.88. The molecule has 0 aromatic rings. The molecule has 0 saturated heterocycles. The van der Waals surface area contributed by atoms with Crippen LogP contribution in [0.1, 0.15) is 78.6 Å². The average Bonchev–Trinajstić information content (AvgIpc) is 2.69. The topological polar surface area (TPSA) is 104 Å². The van der Waals surface area contributed by atoms with E-state index >= 15 is 0 Å². The van der Waals surface area contributed by atoms with Crippen LogP contribution < -0.4 is 15.4 Å². The van der Waals surface area contributed by atoms with Crippen molar-refractivity contribution in [3.63, 3.8) is 0 Å². The Hall–Kier alpha value is -1.67. The molecule has 2 rings (SSSR count). The minimum atomic E-state index is -3.34. The standard InChI is InChI=1S/C22H37N3O4S/c1-22(2,3)30(28,29)23-16-8-7-11-20(26)24-18-12-14-19(15-13-18)25-21(27)17-9-5-4-6-10-17/h12-14,17,19,23H,4-11,15-16H2,1-3H3,(H,24,26)(H,25,27). The van der Waals surface area contributed by atoms with E-state index in [0.717, 1.165) is 31.4 Å². The summed E-state index contributed by atoms with van der Waals surface area (Å²) in [6.45, 7) is 5.29. The Kier molecular flexibility index (Phi) is 9.09. The Balaban J connectivity index is 1.62. The molecule has 8 heteroatoms. The quantitative estimate of drug-likeness (QED) is 0.481. The van der Waals surface area contributed by atoms with E-state index in [1.165, 1.54) is 6.42 Å². The van der Waals surface area contributed by atoms with Crippen LogP contribution in [0.3, 0.4) is 0 Å². The van der Waals surface area contributed by atoms with Crippen LogP contribution in [0.15, 0.2) is 23.9 Å². The second kappa shape index (κ2) is 11.1. The van der Waals surface area contributed by atoms with E-state index in [0.29, 0.717) is 32.2 Å². The van der Waals surface area contributed by atoms with Crippen LogP contribution in [0.5, 0.6) is 0 Å². The molecule has 1 saturated carbocycles. The number of carbonyl (C=O) groups is 2. The van der Waals surface area contributed by atoms with Crippen molar-refractivity contribution < 1.29 is 18.0 Å². The maximum absolute atomic E-state index is 12.3. The van der Waals surface area contributed by atoms with Crippen molar-refractivity contribution in [2.24, 2.45) is 5.92 Å². The first-order valence-corrected chi connectivity index (χ1v) is 12.5. The highest BCUT2D eigenvalue weighted by Crippen LogP contribution is 2.24. The van der Waals surface area contributed by atoms with Crippen LogP contribution in [-0.2, 0) is 19.6 Å². The number of sulfonamides is 1. The van der Waals surface area contributed by atoms with Gasteiger partial charge in [0.05, 0.1) is 10.8 Å². The number of hydrogen-bond acceptors (Lipinski definition) is 4. The lowest BCUT2D eigenvalue weighted by Gasteiger charge is -2.24. The zero-order chi connectivity index (χ0) is 22.2. The molecule has 0 radical (unpaired) electrons. The van der Waals surface area contributed by atoms with Crippen LogP contribution in [0.2, 0.25) is 0 Å². The molecule has 7 nitrogen and oxygen atoms in total. The molecule has 0 aromatic heterocycles. The summed E-state index contributed by atoms with van der Waals surface area (Å²) in [6.07, 6.45) is 13.4. The van der Waals surface area contributed by atoms with Gasteiger partial charge in [0.25, 0.3) is 0 Å². The summed E-state index contributed by atoms with van der Waals surface area (Å²) < 4.78 is 25.7. The number of carbonyl (C=O) groups excluding carboxylic acids is 2. The minimum absolute atomic E-state index is 0.0177. The Bertz CT molecular complexity index is 760. The van der Waals surface area contributed by atoms with Gasteiger partial charge in [-0.25, -0.2) is 13.1 Å². The van der Waals surface area contributed by atoms with E-state index < -0.39 is 14.8 Å². The summed E-state index contributed by atoms with van der Waals surface area (Å²) in [5.74, 6) is 0.201. The molecule has 2 aliphatic carbocycles. The van der Waals surface area contributed by atoms with Crippen LogP contribution in [-0.4, -0.2) is 37.6 Å². The molecule has 30 heavy (non-hydrogen) atoms. The van der Waals surface area contributed by atoms with E-state index in [1.54, 1.807) is 20.8 Å². The molecule has 0 bridgehead atoms. The third-order valence-corrected chi connectivity index (χ3v) is 7.81. The first kappa shape index (κ1) is 24.6. The summed E-state index contributed by atoms with van der Waals surface area (Å²) in [6, 6.07) is -0.0177. The molecule has 0 heterocycles. The average molecular weight is 440 g/mol. The number of hydrogen-bond donors (Lipinski definition) is 3. The van der Waals surface area contributed by atoms with Gasteiger partial charge in [-0.2, -0.15) is 0 Å². The fraction of sp³-hybridized carbons (Fsp3) is 0.727. The Morgan fingerprint density at radius 3 is 2.40 bits per heavy atom. The molecule has 170 valence electrons. The fourth-order valence-electron chi connectivity index (χ4n) is 3.54. The van der Waals surface area contributed by atoms with Gasteiger partial charge in [-0.15, -0.1) is 0 Å². The molecule has 0 aromatic carbocycles. The van der Waals surface area contributed by atoms with Crippen LogP contribution >= 0.6 is 0 Å². The van der Waals surface area contributed by atoms with Crippen molar-refractivity contribution in [1.82, 2.24) is 15.4 Å². The van der Waals surface area contributed by atoms with Crippen LogP contribution in [0, 0.1) is 5.92 Å². The minimum Gasteiger partial charge on any atom is -0.349 e. The molecular formula is C22H37N3O4S. The second-order valence-electron chi connectivity index (χ2n) is 9.22. The highest BCUT2D eigenvalue weighted by Gasteiger charge is 2.28.